The molecule has 0 bridgehead atoms. The number of benzene rings is 4. The van der Waals surface area contributed by atoms with Gasteiger partial charge in [-0.2, -0.15) is 0 Å². The molecule has 0 radical (unpaired) electrons. The van der Waals surface area contributed by atoms with Crippen molar-refractivity contribution in [2.45, 2.75) is 13.8 Å². The Hall–Kier alpha value is -4.50. The minimum Gasteiger partial charge on any atom is -0.497 e. The molecule has 4 aromatic rings. The van der Waals surface area contributed by atoms with Gasteiger partial charge in [-0.15, -0.1) is 0 Å². The van der Waals surface area contributed by atoms with E-state index >= 15 is 0 Å². The van der Waals surface area contributed by atoms with Crippen LogP contribution in [0.4, 0.5) is 5.69 Å². The van der Waals surface area contributed by atoms with E-state index in [0.29, 0.717) is 0 Å². The Bertz CT molecular complexity index is 1500. The minimum atomic E-state index is 0.838. The first-order valence-corrected chi connectivity index (χ1v) is 13.4. The van der Waals surface area contributed by atoms with Gasteiger partial charge in [0.1, 0.15) is 11.5 Å². The molecule has 0 saturated heterocycles. The van der Waals surface area contributed by atoms with Gasteiger partial charge in [-0.1, -0.05) is 85.5 Å². The number of methoxy groups -OCH3 is 2. The van der Waals surface area contributed by atoms with Gasteiger partial charge in [-0.05, 0) is 88.5 Å². The minimum absolute atomic E-state index is 0.838. The van der Waals surface area contributed by atoms with E-state index in [0.717, 1.165) is 62.9 Å². The van der Waals surface area contributed by atoms with Gasteiger partial charge in [0.25, 0.3) is 0 Å². The van der Waals surface area contributed by atoms with E-state index in [9.17, 15) is 0 Å². The summed E-state index contributed by atoms with van der Waals surface area (Å²) in [7, 11) is 3.38. The van der Waals surface area contributed by atoms with Crippen LogP contribution in [-0.4, -0.2) is 27.3 Å². The number of allylic oxidation sites excluding steroid dienone is 3. The zero-order chi connectivity index (χ0) is 27.6. The highest BCUT2D eigenvalue weighted by Gasteiger charge is 2.08. The molecule has 0 aromatic heterocycles. The van der Waals surface area contributed by atoms with Crippen LogP contribution in [0.2, 0.25) is 0 Å². The van der Waals surface area contributed by atoms with Crippen LogP contribution in [0.3, 0.4) is 0 Å². The van der Waals surface area contributed by atoms with Gasteiger partial charge in [0, 0.05) is 18.8 Å². The lowest BCUT2D eigenvalue weighted by atomic mass is 9.96. The summed E-state index contributed by atoms with van der Waals surface area (Å²) >= 11 is 0. The maximum Gasteiger partial charge on any atom is 0.118 e. The molecule has 0 amide bonds. The second-order valence-corrected chi connectivity index (χ2v) is 9.23. The van der Waals surface area contributed by atoms with Gasteiger partial charge in [-0.3, -0.25) is 0 Å². The molecule has 0 fully saturated rings. The molecule has 39 heavy (non-hydrogen) atoms. The number of ether oxygens (including phenoxy) is 2. The summed E-state index contributed by atoms with van der Waals surface area (Å²) in [5.74, 6) is 1.68. The van der Waals surface area contributed by atoms with E-state index in [2.05, 4.69) is 104 Å². The predicted octanol–water partition coefficient (Wildman–Crippen LogP) is 6.85. The molecule has 4 rings (SSSR count). The molecule has 0 aliphatic heterocycles. The molecule has 4 aromatic carbocycles. The molecule has 0 aliphatic rings. The molecule has 0 aliphatic carbocycles. The van der Waals surface area contributed by atoms with E-state index in [1.54, 1.807) is 14.2 Å². The Kier molecular flexibility index (Phi) is 9.42. The number of nitrogens with zero attached hydrogens (tertiary/aromatic N) is 1. The lowest BCUT2D eigenvalue weighted by Gasteiger charge is -2.21. The fraction of sp³-hybridized carbons (Fsp3) is 0.167. The first kappa shape index (κ1) is 27.5. The SMILES string of the molecule is C=c1ccc(=C(C=CC=C(c2ccc(OC)cc2)c2ccc(N(CC)CC)cc2)c2ccc(OC)cc2)cc1. The van der Waals surface area contributed by atoms with Crippen molar-refractivity contribution in [1.29, 1.82) is 0 Å². The Morgan fingerprint density at radius 2 is 1.15 bits per heavy atom. The number of rotatable bonds is 10. The van der Waals surface area contributed by atoms with Crippen LogP contribution in [0, 0.1) is 0 Å². The number of hydrogen-bond acceptors (Lipinski definition) is 3. The summed E-state index contributed by atoms with van der Waals surface area (Å²) in [5.41, 5.74) is 6.91. The maximum absolute atomic E-state index is 5.40. The second kappa shape index (κ2) is 13.3. The molecule has 0 spiro atoms. The van der Waals surface area contributed by atoms with Crippen molar-refractivity contribution in [3.05, 3.63) is 142 Å². The van der Waals surface area contributed by atoms with Crippen LogP contribution in [0.5, 0.6) is 11.5 Å². The summed E-state index contributed by atoms with van der Waals surface area (Å²) in [6.07, 6.45) is 6.50. The quantitative estimate of drug-likeness (QED) is 0.216. The molecule has 0 saturated carbocycles. The third-order valence-electron chi connectivity index (χ3n) is 6.90. The summed E-state index contributed by atoms with van der Waals surface area (Å²) in [6, 6.07) is 33.6. The van der Waals surface area contributed by atoms with E-state index in [-0.39, 0.29) is 0 Å². The van der Waals surface area contributed by atoms with E-state index in [1.807, 2.05) is 36.4 Å². The van der Waals surface area contributed by atoms with E-state index < -0.39 is 0 Å². The van der Waals surface area contributed by atoms with Gasteiger partial charge < -0.3 is 14.4 Å². The monoisotopic (exact) mass is 515 g/mol. The predicted molar refractivity (Wildman–Crippen MR) is 166 cm³/mol. The lowest BCUT2D eigenvalue weighted by Crippen LogP contribution is -2.21. The smallest absolute Gasteiger partial charge is 0.118 e. The molecule has 0 heterocycles. The van der Waals surface area contributed by atoms with Gasteiger partial charge in [0.15, 0.2) is 0 Å². The lowest BCUT2D eigenvalue weighted by molar-refractivity contribution is 0.414. The third-order valence-corrected chi connectivity index (χ3v) is 6.90. The Balaban J connectivity index is 1.79. The highest BCUT2D eigenvalue weighted by Crippen LogP contribution is 2.28. The molecule has 0 N–H and O–H groups in total. The van der Waals surface area contributed by atoms with E-state index in [1.165, 1.54) is 5.69 Å². The largest absolute Gasteiger partial charge is 0.497 e. The fourth-order valence-electron chi connectivity index (χ4n) is 4.62. The molecular formula is C36H37NO2. The van der Waals surface area contributed by atoms with Crippen LogP contribution >= 0.6 is 0 Å². The van der Waals surface area contributed by atoms with Crippen molar-refractivity contribution in [3.8, 4) is 11.5 Å². The van der Waals surface area contributed by atoms with Gasteiger partial charge in [-0.25, -0.2) is 0 Å². The normalized spacial score (nSPS) is 11.4. The number of hydrogen-bond donors (Lipinski definition) is 0. The first-order chi connectivity index (χ1) is 19.1. The maximum atomic E-state index is 5.40. The zero-order valence-corrected chi connectivity index (χ0v) is 23.4. The standard InChI is InChI=1S/C36H37NO2/c1-6-37(7-2)32-21-15-29(16-22-32)36(31-19-25-34(39-5)26-20-31)10-8-9-35(28-13-11-27(3)12-14-28)30-17-23-33(38-4)24-18-30/h8-26H,3,6-7H2,1-2,4-5H3. The average Bonchev–Trinajstić information content (AvgIpc) is 2.99. The van der Waals surface area contributed by atoms with Crippen molar-refractivity contribution < 1.29 is 9.47 Å². The molecule has 0 atom stereocenters. The van der Waals surface area contributed by atoms with Crippen molar-refractivity contribution >= 4 is 23.4 Å². The van der Waals surface area contributed by atoms with Crippen LogP contribution in [0.25, 0.3) is 17.7 Å². The van der Waals surface area contributed by atoms with Crippen molar-refractivity contribution in [2.75, 3.05) is 32.2 Å². The Morgan fingerprint density at radius 1 is 0.667 bits per heavy atom. The molecule has 3 nitrogen and oxygen atoms in total. The van der Waals surface area contributed by atoms with Gasteiger partial charge in [0.2, 0.25) is 0 Å². The van der Waals surface area contributed by atoms with Crippen molar-refractivity contribution in [1.82, 2.24) is 0 Å². The molecule has 3 heteroatoms. The third kappa shape index (κ3) is 6.88. The second-order valence-electron chi connectivity index (χ2n) is 9.23. The Morgan fingerprint density at radius 3 is 1.64 bits per heavy atom. The highest BCUT2D eigenvalue weighted by atomic mass is 16.5. The topological polar surface area (TPSA) is 21.7 Å². The summed E-state index contributed by atoms with van der Waals surface area (Å²) in [5, 5.41) is 2.12. The van der Waals surface area contributed by atoms with Crippen LogP contribution in [-0.2, 0) is 0 Å². The first-order valence-electron chi connectivity index (χ1n) is 13.4. The van der Waals surface area contributed by atoms with Crippen molar-refractivity contribution in [2.24, 2.45) is 0 Å². The average molecular weight is 516 g/mol. The van der Waals surface area contributed by atoms with Crippen LogP contribution in [0.1, 0.15) is 30.5 Å². The number of anilines is 1. The summed E-state index contributed by atoms with van der Waals surface area (Å²) < 4.78 is 10.8. The fourth-order valence-corrected chi connectivity index (χ4v) is 4.62. The Labute approximate surface area is 232 Å². The summed E-state index contributed by atoms with van der Waals surface area (Å²) in [6.45, 7) is 10.4. The van der Waals surface area contributed by atoms with Crippen LogP contribution in [0.15, 0.2) is 115 Å². The van der Waals surface area contributed by atoms with Gasteiger partial charge >= 0.3 is 0 Å². The van der Waals surface area contributed by atoms with Crippen LogP contribution < -0.4 is 24.8 Å². The molecular weight excluding hydrogens is 478 g/mol. The van der Waals surface area contributed by atoms with E-state index in [4.69, 9.17) is 9.47 Å². The molecule has 0 unspecified atom stereocenters. The van der Waals surface area contributed by atoms with Crippen molar-refractivity contribution in [3.63, 3.8) is 0 Å². The van der Waals surface area contributed by atoms with Gasteiger partial charge in [0.05, 0.1) is 14.2 Å². The molecule has 198 valence electrons. The highest BCUT2D eigenvalue weighted by molar-refractivity contribution is 5.83. The zero-order valence-electron chi connectivity index (χ0n) is 23.4. The summed E-state index contributed by atoms with van der Waals surface area (Å²) in [4.78, 5) is 2.35.